The van der Waals surface area contributed by atoms with Gasteiger partial charge in [-0.15, -0.1) is 0 Å². The third-order valence-corrected chi connectivity index (χ3v) is 3.41. The maximum Gasteiger partial charge on any atom is 0.0458 e. The lowest BCUT2D eigenvalue weighted by molar-refractivity contribution is 0.763. The summed E-state index contributed by atoms with van der Waals surface area (Å²) in [5, 5.41) is 4.84. The summed E-state index contributed by atoms with van der Waals surface area (Å²) in [5.74, 6) is 0.696. The molecule has 0 saturated carbocycles. The van der Waals surface area contributed by atoms with Gasteiger partial charge in [0, 0.05) is 23.1 Å². The molecule has 0 aliphatic carbocycles. The molecule has 15 heavy (non-hydrogen) atoms. The highest BCUT2D eigenvalue weighted by Gasteiger charge is 2.21. The predicted octanol–water partition coefficient (Wildman–Crippen LogP) is 2.55. The van der Waals surface area contributed by atoms with Crippen LogP contribution in [0.4, 0.5) is 0 Å². The topological polar surface area (TPSA) is 27.8 Å². The van der Waals surface area contributed by atoms with Gasteiger partial charge in [0.2, 0.25) is 0 Å². The van der Waals surface area contributed by atoms with Crippen LogP contribution in [0.5, 0.6) is 0 Å². The lowest BCUT2D eigenvalue weighted by atomic mass is 9.95. The molecule has 0 radical (unpaired) electrons. The Morgan fingerprint density at radius 1 is 1.27 bits per heavy atom. The van der Waals surface area contributed by atoms with E-state index in [1.54, 1.807) is 0 Å². The Balaban J connectivity index is 2.19. The summed E-state index contributed by atoms with van der Waals surface area (Å²) >= 11 is 0. The molecule has 2 heteroatoms. The van der Waals surface area contributed by atoms with Crippen LogP contribution in [0.2, 0.25) is 0 Å². The number of hydrogen-bond acceptors (Lipinski definition) is 1. The Morgan fingerprint density at radius 2 is 2.13 bits per heavy atom. The summed E-state index contributed by atoms with van der Waals surface area (Å²) < 4.78 is 0. The number of benzene rings is 1. The number of hydrogen-bond donors (Lipinski definition) is 2. The first-order valence-electron chi connectivity index (χ1n) is 5.64. The zero-order valence-electron chi connectivity index (χ0n) is 9.01. The molecule has 1 atom stereocenters. The Kier molecular flexibility index (Phi) is 2.03. The lowest BCUT2D eigenvalue weighted by Gasteiger charge is -2.08. The molecular weight excluding hydrogens is 184 g/mol. The van der Waals surface area contributed by atoms with Crippen molar-refractivity contribution in [2.75, 3.05) is 13.1 Å². The smallest absolute Gasteiger partial charge is 0.0458 e. The summed E-state index contributed by atoms with van der Waals surface area (Å²) in [5.41, 5.74) is 4.14. The predicted molar refractivity (Wildman–Crippen MR) is 63.3 cm³/mol. The molecule has 1 aliphatic heterocycles. The van der Waals surface area contributed by atoms with E-state index in [2.05, 4.69) is 41.5 Å². The Morgan fingerprint density at radius 3 is 2.93 bits per heavy atom. The van der Waals surface area contributed by atoms with E-state index in [0.29, 0.717) is 5.92 Å². The van der Waals surface area contributed by atoms with Crippen molar-refractivity contribution in [2.24, 2.45) is 0 Å². The zero-order valence-corrected chi connectivity index (χ0v) is 9.01. The van der Waals surface area contributed by atoms with Crippen LogP contribution in [0.25, 0.3) is 10.9 Å². The standard InChI is InChI=1S/C13H16N2/c1-9-13(10-6-7-14-8-10)11-4-2-3-5-12(11)15-9/h2-5,10,14-15H,6-8H2,1H3/t10-/m1/s1. The molecule has 1 fully saturated rings. The lowest BCUT2D eigenvalue weighted by Crippen LogP contribution is -2.08. The molecule has 0 spiro atoms. The fraction of sp³-hybridized carbons (Fsp3) is 0.385. The van der Waals surface area contributed by atoms with E-state index in [0.717, 1.165) is 13.1 Å². The van der Waals surface area contributed by atoms with Crippen molar-refractivity contribution in [3.05, 3.63) is 35.5 Å². The van der Waals surface area contributed by atoms with Crippen molar-refractivity contribution in [1.29, 1.82) is 0 Å². The third kappa shape index (κ3) is 1.37. The van der Waals surface area contributed by atoms with E-state index < -0.39 is 0 Å². The summed E-state index contributed by atoms with van der Waals surface area (Å²) in [4.78, 5) is 3.48. The minimum Gasteiger partial charge on any atom is -0.358 e. The Hall–Kier alpha value is -1.28. The SMILES string of the molecule is Cc1[nH]c2ccccc2c1[C@@H]1CCNC1. The average molecular weight is 200 g/mol. The molecule has 2 nitrogen and oxygen atoms in total. The number of aryl methyl sites for hydroxylation is 1. The van der Waals surface area contributed by atoms with Gasteiger partial charge in [-0.1, -0.05) is 18.2 Å². The fourth-order valence-electron chi connectivity index (χ4n) is 2.73. The molecule has 0 unspecified atom stereocenters. The van der Waals surface area contributed by atoms with Crippen molar-refractivity contribution < 1.29 is 0 Å². The summed E-state index contributed by atoms with van der Waals surface area (Å²) in [6, 6.07) is 8.61. The van der Waals surface area contributed by atoms with Crippen LogP contribution in [0, 0.1) is 6.92 Å². The van der Waals surface area contributed by atoms with Gasteiger partial charge in [0.15, 0.2) is 0 Å². The number of para-hydroxylation sites is 1. The van der Waals surface area contributed by atoms with E-state index in [-0.39, 0.29) is 0 Å². The van der Waals surface area contributed by atoms with Gasteiger partial charge in [0.05, 0.1) is 0 Å². The molecule has 0 amide bonds. The molecule has 3 rings (SSSR count). The maximum atomic E-state index is 3.48. The molecule has 1 saturated heterocycles. The Bertz CT molecular complexity index is 478. The molecule has 1 aromatic carbocycles. The summed E-state index contributed by atoms with van der Waals surface area (Å²) in [6.07, 6.45) is 1.27. The van der Waals surface area contributed by atoms with E-state index in [9.17, 15) is 0 Å². The van der Waals surface area contributed by atoms with Crippen LogP contribution in [0.15, 0.2) is 24.3 Å². The van der Waals surface area contributed by atoms with E-state index in [1.165, 1.54) is 28.6 Å². The maximum absolute atomic E-state index is 3.48. The highest BCUT2D eigenvalue weighted by molar-refractivity contribution is 5.85. The van der Waals surface area contributed by atoms with Crippen molar-refractivity contribution in [2.45, 2.75) is 19.3 Å². The van der Waals surface area contributed by atoms with Crippen LogP contribution >= 0.6 is 0 Å². The number of fused-ring (bicyclic) bond motifs is 1. The summed E-state index contributed by atoms with van der Waals surface area (Å²) in [7, 11) is 0. The molecule has 2 N–H and O–H groups in total. The van der Waals surface area contributed by atoms with E-state index in [4.69, 9.17) is 0 Å². The molecule has 2 heterocycles. The largest absolute Gasteiger partial charge is 0.358 e. The molecule has 2 aromatic rings. The second-order valence-corrected chi connectivity index (χ2v) is 4.40. The van der Waals surface area contributed by atoms with Crippen LogP contribution in [-0.2, 0) is 0 Å². The first-order valence-corrected chi connectivity index (χ1v) is 5.64. The molecule has 0 bridgehead atoms. The van der Waals surface area contributed by atoms with Gasteiger partial charge in [0.1, 0.15) is 0 Å². The number of aromatic nitrogens is 1. The van der Waals surface area contributed by atoms with Gasteiger partial charge in [-0.3, -0.25) is 0 Å². The van der Waals surface area contributed by atoms with Crippen LogP contribution in [0.3, 0.4) is 0 Å². The van der Waals surface area contributed by atoms with Gasteiger partial charge in [-0.05, 0) is 37.4 Å². The van der Waals surface area contributed by atoms with Crippen LogP contribution in [-0.4, -0.2) is 18.1 Å². The fourth-order valence-corrected chi connectivity index (χ4v) is 2.73. The van der Waals surface area contributed by atoms with Gasteiger partial charge in [-0.2, -0.15) is 0 Å². The van der Waals surface area contributed by atoms with Crippen molar-refractivity contribution in [3.8, 4) is 0 Å². The second-order valence-electron chi connectivity index (χ2n) is 4.40. The highest BCUT2D eigenvalue weighted by Crippen LogP contribution is 2.32. The van der Waals surface area contributed by atoms with Gasteiger partial charge in [-0.25, -0.2) is 0 Å². The van der Waals surface area contributed by atoms with Gasteiger partial charge < -0.3 is 10.3 Å². The normalized spacial score (nSPS) is 21.3. The highest BCUT2D eigenvalue weighted by atomic mass is 14.9. The second kappa shape index (κ2) is 3.38. The number of aromatic amines is 1. The van der Waals surface area contributed by atoms with Gasteiger partial charge in [0.25, 0.3) is 0 Å². The van der Waals surface area contributed by atoms with E-state index in [1.807, 2.05) is 0 Å². The first kappa shape index (κ1) is 8.98. The van der Waals surface area contributed by atoms with E-state index >= 15 is 0 Å². The molecule has 78 valence electrons. The van der Waals surface area contributed by atoms with Crippen molar-refractivity contribution >= 4 is 10.9 Å². The molecule has 1 aromatic heterocycles. The minimum atomic E-state index is 0.696. The van der Waals surface area contributed by atoms with Crippen LogP contribution in [0.1, 0.15) is 23.6 Å². The monoisotopic (exact) mass is 200 g/mol. The quantitative estimate of drug-likeness (QED) is 0.727. The summed E-state index contributed by atoms with van der Waals surface area (Å²) in [6.45, 7) is 4.47. The zero-order chi connectivity index (χ0) is 10.3. The molecular formula is C13H16N2. The van der Waals surface area contributed by atoms with Crippen molar-refractivity contribution in [3.63, 3.8) is 0 Å². The minimum absolute atomic E-state index is 0.696. The van der Waals surface area contributed by atoms with Crippen molar-refractivity contribution in [1.82, 2.24) is 10.3 Å². The number of rotatable bonds is 1. The molecule has 1 aliphatic rings. The van der Waals surface area contributed by atoms with Gasteiger partial charge >= 0.3 is 0 Å². The number of H-pyrrole nitrogens is 1. The first-order chi connectivity index (χ1) is 7.36. The Labute approximate surface area is 89.7 Å². The third-order valence-electron chi connectivity index (χ3n) is 3.41. The average Bonchev–Trinajstić information content (AvgIpc) is 2.82. The number of nitrogens with one attached hydrogen (secondary N) is 2. The van der Waals surface area contributed by atoms with Crippen LogP contribution < -0.4 is 5.32 Å².